The van der Waals surface area contributed by atoms with Crippen LogP contribution < -0.4 is 0 Å². The fourth-order valence-electron chi connectivity index (χ4n) is 2.88. The minimum absolute atomic E-state index is 0.207. The molecule has 3 nitrogen and oxygen atoms in total. The highest BCUT2D eigenvalue weighted by atomic mass is 32.1. The van der Waals surface area contributed by atoms with Gasteiger partial charge >= 0.3 is 0 Å². The van der Waals surface area contributed by atoms with E-state index in [-0.39, 0.29) is 11.9 Å². The van der Waals surface area contributed by atoms with Gasteiger partial charge in [-0.3, -0.25) is 4.79 Å². The van der Waals surface area contributed by atoms with Gasteiger partial charge in [-0.15, -0.1) is 11.3 Å². The topological polar surface area (TPSA) is 39.2 Å². The maximum atomic E-state index is 12.5. The summed E-state index contributed by atoms with van der Waals surface area (Å²) in [5.74, 6) is 0.625. The number of carbonyl (C=O) groups is 1. The average Bonchev–Trinajstić information content (AvgIpc) is 2.82. The van der Waals surface area contributed by atoms with E-state index in [4.69, 9.17) is 4.74 Å². The molecule has 0 bridgehead atoms. The smallest absolute Gasteiger partial charge is 0.167 e. The Balaban J connectivity index is 1.98. The van der Waals surface area contributed by atoms with E-state index in [1.54, 1.807) is 11.3 Å². The molecule has 2 rings (SSSR count). The van der Waals surface area contributed by atoms with Gasteiger partial charge in [0.2, 0.25) is 0 Å². The molecule has 1 aliphatic carbocycles. The van der Waals surface area contributed by atoms with E-state index in [0.717, 1.165) is 23.5 Å². The fourth-order valence-corrected chi connectivity index (χ4v) is 3.49. The van der Waals surface area contributed by atoms with Crippen molar-refractivity contribution in [1.82, 2.24) is 4.98 Å². The lowest BCUT2D eigenvalue weighted by molar-refractivity contribution is -0.134. The first kappa shape index (κ1) is 14.7. The van der Waals surface area contributed by atoms with Gasteiger partial charge in [0.05, 0.1) is 17.1 Å². The van der Waals surface area contributed by atoms with Crippen LogP contribution >= 0.6 is 11.3 Å². The molecule has 0 saturated heterocycles. The van der Waals surface area contributed by atoms with Crippen molar-refractivity contribution in [2.75, 3.05) is 6.61 Å². The Hall–Kier alpha value is -0.740. The van der Waals surface area contributed by atoms with Crippen LogP contribution in [0.1, 0.15) is 49.7 Å². The maximum absolute atomic E-state index is 12.5. The molecular weight excluding hydrogens is 258 g/mol. The van der Waals surface area contributed by atoms with Crippen molar-refractivity contribution in [3.63, 3.8) is 0 Å². The summed E-state index contributed by atoms with van der Waals surface area (Å²) >= 11 is 1.60. The molecule has 1 saturated carbocycles. The lowest BCUT2D eigenvalue weighted by Crippen LogP contribution is -2.35. The number of hydrogen-bond acceptors (Lipinski definition) is 4. The Labute approximate surface area is 119 Å². The molecule has 1 fully saturated rings. The van der Waals surface area contributed by atoms with Crippen molar-refractivity contribution >= 4 is 17.1 Å². The number of ketones is 1. The number of hydrogen-bond donors (Lipinski definition) is 0. The van der Waals surface area contributed by atoms with Crippen LogP contribution in [0.3, 0.4) is 0 Å². The number of carbonyl (C=O) groups excluding carboxylic acids is 1. The predicted octanol–water partition coefficient (Wildman–Crippen LogP) is 3.55. The molecule has 0 N–H and O–H groups in total. The van der Waals surface area contributed by atoms with Gasteiger partial charge in [0.1, 0.15) is 6.10 Å². The number of Topliss-reactive ketones (excluding diaryl/α,β-unsaturated/α-hetero) is 1. The number of rotatable bonds is 6. The van der Waals surface area contributed by atoms with Crippen molar-refractivity contribution in [2.45, 2.75) is 58.5 Å². The second-order valence-electron chi connectivity index (χ2n) is 5.27. The van der Waals surface area contributed by atoms with Crippen molar-refractivity contribution in [2.24, 2.45) is 5.92 Å². The van der Waals surface area contributed by atoms with Crippen LogP contribution in [0.5, 0.6) is 0 Å². The average molecular weight is 281 g/mol. The fraction of sp³-hybridized carbons (Fsp3) is 0.733. The first-order valence-electron chi connectivity index (χ1n) is 7.26. The molecule has 1 aromatic rings. The van der Waals surface area contributed by atoms with E-state index in [0.29, 0.717) is 18.9 Å². The summed E-state index contributed by atoms with van der Waals surface area (Å²) in [6.45, 7) is 4.55. The second-order valence-corrected chi connectivity index (χ2v) is 6.34. The normalized spacial score (nSPS) is 18.4. The first-order valence-corrected chi connectivity index (χ1v) is 8.14. The molecule has 1 unspecified atom stereocenters. The monoisotopic (exact) mass is 281 g/mol. The third kappa shape index (κ3) is 4.11. The van der Waals surface area contributed by atoms with E-state index in [1.807, 2.05) is 19.2 Å². The van der Waals surface area contributed by atoms with E-state index >= 15 is 0 Å². The summed E-state index contributed by atoms with van der Waals surface area (Å²) in [6, 6.07) is 0. The van der Waals surface area contributed by atoms with Crippen LogP contribution in [0.2, 0.25) is 0 Å². The summed E-state index contributed by atoms with van der Waals surface area (Å²) in [5.41, 5.74) is 0.896. The highest BCUT2D eigenvalue weighted by Crippen LogP contribution is 2.29. The van der Waals surface area contributed by atoms with Gasteiger partial charge in [-0.1, -0.05) is 19.3 Å². The Morgan fingerprint density at radius 2 is 2.21 bits per heavy atom. The minimum Gasteiger partial charge on any atom is -0.370 e. The van der Waals surface area contributed by atoms with Crippen molar-refractivity contribution in [3.05, 3.63) is 16.1 Å². The van der Waals surface area contributed by atoms with Gasteiger partial charge < -0.3 is 4.74 Å². The number of aryl methyl sites for hydroxylation is 1. The summed E-state index contributed by atoms with van der Waals surface area (Å²) in [7, 11) is 0. The molecular formula is C15H23NO2S. The quantitative estimate of drug-likeness (QED) is 0.800. The predicted molar refractivity (Wildman–Crippen MR) is 77.6 cm³/mol. The summed E-state index contributed by atoms with van der Waals surface area (Å²) in [4.78, 5) is 16.8. The number of nitrogens with zero attached hydrogens (tertiary/aromatic N) is 1. The SMILES string of the molecule is CCOC(C(=O)Cc1csc(C)n1)C1CCCCC1. The minimum atomic E-state index is -0.215. The first-order chi connectivity index (χ1) is 9.20. The van der Waals surface area contributed by atoms with Crippen molar-refractivity contribution in [3.8, 4) is 0 Å². The Bertz CT molecular complexity index is 410. The van der Waals surface area contributed by atoms with E-state index in [2.05, 4.69) is 4.98 Å². The van der Waals surface area contributed by atoms with Gasteiger partial charge in [-0.05, 0) is 32.6 Å². The molecule has 1 heterocycles. The third-order valence-corrected chi connectivity index (χ3v) is 4.59. The largest absolute Gasteiger partial charge is 0.370 e. The zero-order valence-corrected chi connectivity index (χ0v) is 12.7. The van der Waals surface area contributed by atoms with Gasteiger partial charge in [0.25, 0.3) is 0 Å². The Kier molecular flexibility index (Phi) is 5.52. The molecule has 0 aromatic carbocycles. The molecule has 4 heteroatoms. The van der Waals surface area contributed by atoms with Crippen LogP contribution in [-0.2, 0) is 16.0 Å². The molecule has 1 aromatic heterocycles. The lowest BCUT2D eigenvalue weighted by atomic mass is 9.83. The molecule has 0 aliphatic heterocycles. The summed E-state index contributed by atoms with van der Waals surface area (Å²) in [5, 5.41) is 3.00. The number of aromatic nitrogens is 1. The molecule has 0 spiro atoms. The zero-order valence-electron chi connectivity index (χ0n) is 11.9. The zero-order chi connectivity index (χ0) is 13.7. The van der Waals surface area contributed by atoms with Crippen molar-refractivity contribution in [1.29, 1.82) is 0 Å². The lowest BCUT2D eigenvalue weighted by Gasteiger charge is -2.28. The molecule has 106 valence electrons. The maximum Gasteiger partial charge on any atom is 0.167 e. The highest BCUT2D eigenvalue weighted by molar-refractivity contribution is 7.09. The molecule has 19 heavy (non-hydrogen) atoms. The van der Waals surface area contributed by atoms with Gasteiger partial charge in [-0.25, -0.2) is 4.98 Å². The second kappa shape index (κ2) is 7.15. The number of ether oxygens (including phenoxy) is 1. The molecule has 0 radical (unpaired) electrons. The highest BCUT2D eigenvalue weighted by Gasteiger charge is 2.30. The summed E-state index contributed by atoms with van der Waals surface area (Å²) < 4.78 is 5.75. The molecule has 1 aliphatic rings. The Morgan fingerprint density at radius 3 is 2.79 bits per heavy atom. The number of thiazole rings is 1. The standard InChI is InChI=1S/C15H23NO2S/c1-3-18-15(12-7-5-4-6-8-12)14(17)9-13-10-19-11(2)16-13/h10,12,15H,3-9H2,1-2H3. The van der Waals surface area contributed by atoms with E-state index in [1.165, 1.54) is 19.3 Å². The summed E-state index contributed by atoms with van der Waals surface area (Å²) in [6.07, 6.45) is 6.24. The van der Waals surface area contributed by atoms with Crippen molar-refractivity contribution < 1.29 is 9.53 Å². The van der Waals surface area contributed by atoms with Crippen LogP contribution in [0, 0.1) is 12.8 Å². The van der Waals surface area contributed by atoms with Gasteiger partial charge in [-0.2, -0.15) is 0 Å². The van der Waals surface area contributed by atoms with Crippen LogP contribution in [0.15, 0.2) is 5.38 Å². The van der Waals surface area contributed by atoms with Gasteiger partial charge in [0.15, 0.2) is 5.78 Å². The van der Waals surface area contributed by atoms with Gasteiger partial charge in [0, 0.05) is 12.0 Å². The van der Waals surface area contributed by atoms with Crippen LogP contribution in [-0.4, -0.2) is 23.5 Å². The van der Waals surface area contributed by atoms with E-state index in [9.17, 15) is 4.79 Å². The van der Waals surface area contributed by atoms with E-state index < -0.39 is 0 Å². The Morgan fingerprint density at radius 1 is 1.47 bits per heavy atom. The molecule has 1 atom stereocenters. The van der Waals surface area contributed by atoms with Crippen LogP contribution in [0.4, 0.5) is 0 Å². The third-order valence-electron chi connectivity index (χ3n) is 3.76. The van der Waals surface area contributed by atoms with Crippen LogP contribution in [0.25, 0.3) is 0 Å². The molecule has 0 amide bonds.